The van der Waals surface area contributed by atoms with Gasteiger partial charge in [0.05, 0.1) is 0 Å². The van der Waals surface area contributed by atoms with Crippen LogP contribution >= 0.6 is 11.6 Å². The molecule has 1 rings (SSSR count). The van der Waals surface area contributed by atoms with Crippen LogP contribution in [0.25, 0.3) is 0 Å². The summed E-state index contributed by atoms with van der Waals surface area (Å²) in [6, 6.07) is 8.09. The van der Waals surface area contributed by atoms with Gasteiger partial charge in [0.2, 0.25) is 0 Å². The van der Waals surface area contributed by atoms with Crippen molar-refractivity contribution in [3.8, 4) is 0 Å². The molecule has 0 aliphatic heterocycles. The van der Waals surface area contributed by atoms with Crippen molar-refractivity contribution in [3.63, 3.8) is 0 Å². The van der Waals surface area contributed by atoms with Crippen LogP contribution < -0.4 is 0 Å². The lowest BCUT2D eigenvalue weighted by Crippen LogP contribution is -2.03. The second-order valence-corrected chi connectivity index (χ2v) is 3.36. The summed E-state index contributed by atoms with van der Waals surface area (Å²) in [6.07, 6.45) is 0.618. The maximum Gasteiger partial charge on any atom is 0.183 e. The molecule has 0 aromatic heterocycles. The highest BCUT2D eigenvalue weighted by molar-refractivity contribution is 6.17. The molecule has 1 aromatic carbocycles. The molecule has 0 heterocycles. The second-order valence-electron chi connectivity index (χ2n) is 2.98. The van der Waals surface area contributed by atoms with E-state index in [0.29, 0.717) is 5.88 Å². The predicted octanol–water partition coefficient (Wildman–Crippen LogP) is 2.76. The van der Waals surface area contributed by atoms with E-state index in [1.54, 1.807) is 14.2 Å². The summed E-state index contributed by atoms with van der Waals surface area (Å²) < 4.78 is 10.3. The molecular weight excluding hydrogens is 200 g/mol. The van der Waals surface area contributed by atoms with Crippen LogP contribution in [-0.4, -0.2) is 20.1 Å². The average Bonchev–Trinajstić information content (AvgIpc) is 2.23. The van der Waals surface area contributed by atoms with Crippen molar-refractivity contribution in [2.24, 2.45) is 0 Å². The van der Waals surface area contributed by atoms with Gasteiger partial charge in [0.25, 0.3) is 0 Å². The number of ether oxygens (including phenoxy) is 2. The highest BCUT2D eigenvalue weighted by Gasteiger charge is 2.07. The fourth-order valence-corrected chi connectivity index (χ4v) is 1.54. The van der Waals surface area contributed by atoms with Crippen LogP contribution in [0.2, 0.25) is 0 Å². The Balaban J connectivity index is 2.71. The first kappa shape index (κ1) is 11.5. The highest BCUT2D eigenvalue weighted by Crippen LogP contribution is 2.17. The standard InChI is InChI=1S/C11H15ClO2/c1-13-11(14-2)10-5-3-9(4-6-10)7-8-12/h3-6,11H,7-8H2,1-2H3. The molecule has 14 heavy (non-hydrogen) atoms. The largest absolute Gasteiger partial charge is 0.352 e. The minimum atomic E-state index is -0.278. The molecule has 0 fully saturated rings. The van der Waals surface area contributed by atoms with Crippen molar-refractivity contribution in [1.82, 2.24) is 0 Å². The Hall–Kier alpha value is -0.570. The van der Waals surface area contributed by atoms with Crippen LogP contribution in [0.3, 0.4) is 0 Å². The molecule has 1 aromatic rings. The lowest BCUT2D eigenvalue weighted by molar-refractivity contribution is -0.106. The molecule has 0 bridgehead atoms. The van der Waals surface area contributed by atoms with E-state index in [-0.39, 0.29) is 6.29 Å². The zero-order valence-corrected chi connectivity index (χ0v) is 9.25. The number of rotatable bonds is 5. The summed E-state index contributed by atoms with van der Waals surface area (Å²) in [5, 5.41) is 0. The van der Waals surface area contributed by atoms with Crippen LogP contribution in [-0.2, 0) is 15.9 Å². The van der Waals surface area contributed by atoms with E-state index in [4.69, 9.17) is 21.1 Å². The van der Waals surface area contributed by atoms with Gasteiger partial charge in [-0.3, -0.25) is 0 Å². The first-order valence-electron chi connectivity index (χ1n) is 4.52. The van der Waals surface area contributed by atoms with E-state index in [9.17, 15) is 0 Å². The molecule has 0 spiro atoms. The number of methoxy groups -OCH3 is 2. The summed E-state index contributed by atoms with van der Waals surface area (Å²) in [6.45, 7) is 0. The molecule has 0 atom stereocenters. The molecular formula is C11H15ClO2. The maximum absolute atomic E-state index is 5.64. The van der Waals surface area contributed by atoms with Gasteiger partial charge in [-0.1, -0.05) is 24.3 Å². The van der Waals surface area contributed by atoms with Crippen LogP contribution in [0.15, 0.2) is 24.3 Å². The van der Waals surface area contributed by atoms with Gasteiger partial charge in [-0.25, -0.2) is 0 Å². The van der Waals surface area contributed by atoms with Gasteiger partial charge in [-0.15, -0.1) is 11.6 Å². The Morgan fingerprint density at radius 3 is 2.14 bits per heavy atom. The zero-order valence-electron chi connectivity index (χ0n) is 8.50. The van der Waals surface area contributed by atoms with E-state index < -0.39 is 0 Å². The van der Waals surface area contributed by atoms with Crippen molar-refractivity contribution >= 4 is 11.6 Å². The van der Waals surface area contributed by atoms with Gasteiger partial charge >= 0.3 is 0 Å². The molecule has 0 radical (unpaired) electrons. The molecule has 0 saturated heterocycles. The van der Waals surface area contributed by atoms with Gasteiger partial charge in [0.1, 0.15) is 0 Å². The summed E-state index contributed by atoms with van der Waals surface area (Å²) >= 11 is 5.64. The molecule has 3 heteroatoms. The third kappa shape index (κ3) is 2.98. The minimum absolute atomic E-state index is 0.278. The third-order valence-corrected chi connectivity index (χ3v) is 2.25. The van der Waals surface area contributed by atoms with Crippen LogP contribution in [0.5, 0.6) is 0 Å². The molecule has 0 saturated carbocycles. The van der Waals surface area contributed by atoms with Crippen LogP contribution in [0.4, 0.5) is 0 Å². The molecule has 0 unspecified atom stereocenters. The zero-order chi connectivity index (χ0) is 10.4. The SMILES string of the molecule is COC(OC)c1ccc(CCCl)cc1. The topological polar surface area (TPSA) is 18.5 Å². The number of alkyl halides is 1. The molecule has 2 nitrogen and oxygen atoms in total. The summed E-state index contributed by atoms with van der Waals surface area (Å²) in [5.41, 5.74) is 2.25. The Labute approximate surface area is 89.8 Å². The van der Waals surface area contributed by atoms with Gasteiger partial charge < -0.3 is 9.47 Å². The number of aryl methyl sites for hydroxylation is 1. The minimum Gasteiger partial charge on any atom is -0.352 e. The lowest BCUT2D eigenvalue weighted by Gasteiger charge is -2.13. The molecule has 78 valence electrons. The Morgan fingerprint density at radius 1 is 1.14 bits per heavy atom. The first-order chi connectivity index (χ1) is 6.81. The monoisotopic (exact) mass is 214 g/mol. The molecule has 0 amide bonds. The third-order valence-electron chi connectivity index (χ3n) is 2.06. The van der Waals surface area contributed by atoms with Gasteiger partial charge in [-0.05, 0) is 12.0 Å². The number of benzene rings is 1. The van der Waals surface area contributed by atoms with Gasteiger partial charge in [0, 0.05) is 25.7 Å². The highest BCUT2D eigenvalue weighted by atomic mass is 35.5. The summed E-state index contributed by atoms with van der Waals surface area (Å²) in [5.74, 6) is 0.650. The van der Waals surface area contributed by atoms with Gasteiger partial charge in [-0.2, -0.15) is 0 Å². The fourth-order valence-electron chi connectivity index (χ4n) is 1.32. The average molecular weight is 215 g/mol. The van der Waals surface area contributed by atoms with Crippen molar-refractivity contribution in [2.45, 2.75) is 12.7 Å². The summed E-state index contributed by atoms with van der Waals surface area (Å²) in [7, 11) is 3.25. The lowest BCUT2D eigenvalue weighted by atomic mass is 10.1. The molecule has 0 N–H and O–H groups in total. The fraction of sp³-hybridized carbons (Fsp3) is 0.455. The van der Waals surface area contributed by atoms with Crippen molar-refractivity contribution in [3.05, 3.63) is 35.4 Å². The maximum atomic E-state index is 5.64. The normalized spacial score (nSPS) is 10.9. The van der Waals surface area contributed by atoms with Gasteiger partial charge in [0.15, 0.2) is 6.29 Å². The number of hydrogen-bond acceptors (Lipinski definition) is 2. The Morgan fingerprint density at radius 2 is 1.71 bits per heavy atom. The van der Waals surface area contributed by atoms with E-state index in [0.717, 1.165) is 12.0 Å². The molecule has 0 aliphatic carbocycles. The quantitative estimate of drug-likeness (QED) is 0.554. The van der Waals surface area contributed by atoms with E-state index in [2.05, 4.69) is 0 Å². The van der Waals surface area contributed by atoms with Crippen LogP contribution in [0, 0.1) is 0 Å². The van der Waals surface area contributed by atoms with E-state index >= 15 is 0 Å². The number of halogens is 1. The second kappa shape index (κ2) is 6.02. The van der Waals surface area contributed by atoms with Crippen molar-refractivity contribution in [2.75, 3.05) is 20.1 Å². The Bertz CT molecular complexity index is 254. The van der Waals surface area contributed by atoms with E-state index in [1.165, 1.54) is 5.56 Å². The van der Waals surface area contributed by atoms with Crippen LogP contribution in [0.1, 0.15) is 17.4 Å². The number of hydrogen-bond donors (Lipinski definition) is 0. The van der Waals surface area contributed by atoms with Crippen molar-refractivity contribution < 1.29 is 9.47 Å². The van der Waals surface area contributed by atoms with E-state index in [1.807, 2.05) is 24.3 Å². The smallest absolute Gasteiger partial charge is 0.183 e. The summed E-state index contributed by atoms with van der Waals surface area (Å²) in [4.78, 5) is 0. The molecule has 0 aliphatic rings. The first-order valence-corrected chi connectivity index (χ1v) is 5.05. The van der Waals surface area contributed by atoms with Crippen molar-refractivity contribution in [1.29, 1.82) is 0 Å². The predicted molar refractivity (Wildman–Crippen MR) is 57.6 cm³/mol. The Kier molecular flexibility index (Phi) is 4.94.